The zero-order valence-corrected chi connectivity index (χ0v) is 13.8. The topological polar surface area (TPSA) is 119 Å². The van der Waals surface area contributed by atoms with Crippen molar-refractivity contribution in [3.8, 4) is 0 Å². The number of ether oxygens (including phenoxy) is 2. The Hall–Kier alpha value is -2.16. The molecule has 9 heteroatoms. The van der Waals surface area contributed by atoms with Crippen molar-refractivity contribution in [2.45, 2.75) is 52.2 Å². The van der Waals surface area contributed by atoms with Gasteiger partial charge in [-0.3, -0.25) is 14.5 Å². The molecule has 23 heavy (non-hydrogen) atoms. The van der Waals surface area contributed by atoms with Crippen LogP contribution in [0, 0.1) is 0 Å². The Kier molecular flexibility index (Phi) is 6.08. The first-order valence-electron chi connectivity index (χ1n) is 7.38. The summed E-state index contributed by atoms with van der Waals surface area (Å²) >= 11 is 0. The third kappa shape index (κ3) is 4.92. The average Bonchev–Trinajstić information content (AvgIpc) is 2.92. The molecule has 1 saturated heterocycles. The number of hydrazine groups is 1. The summed E-state index contributed by atoms with van der Waals surface area (Å²) in [6, 6.07) is -0.937. The second-order valence-corrected chi connectivity index (χ2v) is 6.07. The molecule has 0 saturated carbocycles. The number of imide groups is 1. The SMILES string of the molecule is CCOC(=O)C(=O)N(N)C(=O)[C@@H]1CCCN1C(=O)OC(C)(C)C. The smallest absolute Gasteiger partial charge is 0.410 e. The van der Waals surface area contributed by atoms with Crippen LogP contribution in [0.1, 0.15) is 40.5 Å². The van der Waals surface area contributed by atoms with Crippen LogP contribution in [0.15, 0.2) is 0 Å². The number of hydrogen-bond donors (Lipinski definition) is 1. The molecule has 0 aliphatic carbocycles. The van der Waals surface area contributed by atoms with Crippen molar-refractivity contribution in [2.24, 2.45) is 5.84 Å². The summed E-state index contributed by atoms with van der Waals surface area (Å²) in [5.41, 5.74) is -0.712. The van der Waals surface area contributed by atoms with E-state index in [0.717, 1.165) is 0 Å². The van der Waals surface area contributed by atoms with Gasteiger partial charge in [-0.25, -0.2) is 20.4 Å². The molecule has 0 aromatic heterocycles. The fourth-order valence-corrected chi connectivity index (χ4v) is 2.11. The lowest BCUT2D eigenvalue weighted by Gasteiger charge is -2.29. The first-order chi connectivity index (χ1) is 10.6. The Bertz CT molecular complexity index is 499. The molecule has 0 unspecified atom stereocenters. The first-order valence-corrected chi connectivity index (χ1v) is 7.38. The van der Waals surface area contributed by atoms with Crippen LogP contribution < -0.4 is 5.84 Å². The van der Waals surface area contributed by atoms with Crippen LogP contribution in [0.4, 0.5) is 4.79 Å². The minimum absolute atomic E-state index is 0.0138. The van der Waals surface area contributed by atoms with Gasteiger partial charge in [0.25, 0.3) is 5.91 Å². The number of carbonyl (C=O) groups excluding carboxylic acids is 4. The van der Waals surface area contributed by atoms with Crippen LogP contribution in [-0.2, 0) is 23.9 Å². The van der Waals surface area contributed by atoms with Crippen LogP contribution in [-0.4, -0.2) is 58.6 Å². The summed E-state index contributed by atoms with van der Waals surface area (Å²) in [7, 11) is 0. The number of amides is 3. The predicted molar refractivity (Wildman–Crippen MR) is 78.6 cm³/mol. The second-order valence-electron chi connectivity index (χ2n) is 6.07. The third-order valence-electron chi connectivity index (χ3n) is 3.07. The summed E-state index contributed by atoms with van der Waals surface area (Å²) < 4.78 is 9.74. The van der Waals surface area contributed by atoms with E-state index >= 15 is 0 Å². The quantitative estimate of drug-likeness (QED) is 0.252. The van der Waals surface area contributed by atoms with E-state index in [9.17, 15) is 19.2 Å². The summed E-state index contributed by atoms with van der Waals surface area (Å²) in [4.78, 5) is 48.7. The van der Waals surface area contributed by atoms with E-state index in [1.165, 1.54) is 11.8 Å². The number of rotatable bonds is 2. The Balaban J connectivity index is 2.79. The monoisotopic (exact) mass is 329 g/mol. The molecule has 0 spiro atoms. The maximum absolute atomic E-state index is 12.3. The molecule has 1 aliphatic rings. The minimum atomic E-state index is -1.27. The van der Waals surface area contributed by atoms with Gasteiger partial charge in [0.05, 0.1) is 6.61 Å². The van der Waals surface area contributed by atoms with Crippen LogP contribution in [0.2, 0.25) is 0 Å². The van der Waals surface area contributed by atoms with Gasteiger partial charge in [0.2, 0.25) is 0 Å². The van der Waals surface area contributed by atoms with Crippen molar-refractivity contribution >= 4 is 23.9 Å². The predicted octanol–water partition coefficient (Wildman–Crippen LogP) is 0.178. The highest BCUT2D eigenvalue weighted by atomic mass is 16.6. The van der Waals surface area contributed by atoms with Gasteiger partial charge in [0.15, 0.2) is 0 Å². The highest BCUT2D eigenvalue weighted by Crippen LogP contribution is 2.22. The molecule has 9 nitrogen and oxygen atoms in total. The summed E-state index contributed by atoms with van der Waals surface area (Å²) in [5, 5.41) is 0.200. The Morgan fingerprint density at radius 2 is 1.87 bits per heavy atom. The number of carbonyl (C=O) groups is 4. The van der Waals surface area contributed by atoms with Crippen molar-refractivity contribution in [3.05, 3.63) is 0 Å². The standard InChI is InChI=1S/C14H23N3O6/c1-5-22-12(20)11(19)17(15)10(18)9-7-6-8-16(9)13(21)23-14(2,3)4/h9H,5-8,15H2,1-4H3/t9-/m0/s1. The molecule has 1 rings (SSSR count). The second kappa shape index (κ2) is 7.40. The zero-order chi connectivity index (χ0) is 17.8. The van der Waals surface area contributed by atoms with Gasteiger partial charge in [0, 0.05) is 6.54 Å². The molecular weight excluding hydrogens is 306 g/mol. The van der Waals surface area contributed by atoms with Gasteiger partial charge in [-0.2, -0.15) is 0 Å². The molecule has 1 heterocycles. The van der Waals surface area contributed by atoms with Crippen LogP contribution in [0.25, 0.3) is 0 Å². The van der Waals surface area contributed by atoms with Gasteiger partial charge in [0.1, 0.15) is 11.6 Å². The van der Waals surface area contributed by atoms with Crippen molar-refractivity contribution in [1.29, 1.82) is 0 Å². The molecule has 1 aliphatic heterocycles. The molecule has 0 aromatic carbocycles. The van der Waals surface area contributed by atoms with Gasteiger partial charge in [-0.05, 0) is 40.5 Å². The number of likely N-dealkylation sites (tertiary alicyclic amines) is 1. The fraction of sp³-hybridized carbons (Fsp3) is 0.714. The maximum Gasteiger partial charge on any atom is 0.410 e. The van der Waals surface area contributed by atoms with Crippen LogP contribution in [0.3, 0.4) is 0 Å². The van der Waals surface area contributed by atoms with Crippen molar-refractivity contribution in [1.82, 2.24) is 9.91 Å². The van der Waals surface area contributed by atoms with Gasteiger partial charge in [-0.15, -0.1) is 0 Å². The van der Waals surface area contributed by atoms with Crippen molar-refractivity contribution in [3.63, 3.8) is 0 Å². The lowest BCUT2D eigenvalue weighted by molar-refractivity contribution is -0.164. The number of hydrogen-bond acceptors (Lipinski definition) is 7. The molecule has 0 bridgehead atoms. The number of esters is 1. The van der Waals surface area contributed by atoms with Crippen LogP contribution >= 0.6 is 0 Å². The van der Waals surface area contributed by atoms with E-state index in [1.54, 1.807) is 20.8 Å². The first kappa shape index (κ1) is 18.9. The van der Waals surface area contributed by atoms with E-state index in [1.807, 2.05) is 0 Å². The lowest BCUT2D eigenvalue weighted by Crippen LogP contribution is -2.55. The van der Waals surface area contributed by atoms with Gasteiger partial charge < -0.3 is 9.47 Å². The summed E-state index contributed by atoms with van der Waals surface area (Å²) in [5.74, 6) is 2.09. The maximum atomic E-state index is 12.3. The molecule has 0 radical (unpaired) electrons. The van der Waals surface area contributed by atoms with E-state index in [2.05, 4.69) is 4.74 Å². The van der Waals surface area contributed by atoms with Crippen LogP contribution in [0.5, 0.6) is 0 Å². The molecule has 1 fully saturated rings. The summed E-state index contributed by atoms with van der Waals surface area (Å²) in [6.07, 6.45) is 0.240. The fourth-order valence-electron chi connectivity index (χ4n) is 2.11. The normalized spacial score (nSPS) is 17.6. The zero-order valence-electron chi connectivity index (χ0n) is 13.8. The highest BCUT2D eigenvalue weighted by molar-refractivity contribution is 6.35. The van der Waals surface area contributed by atoms with E-state index in [0.29, 0.717) is 19.4 Å². The van der Waals surface area contributed by atoms with Crippen molar-refractivity contribution in [2.75, 3.05) is 13.2 Å². The van der Waals surface area contributed by atoms with Gasteiger partial charge in [-0.1, -0.05) is 0 Å². The highest BCUT2D eigenvalue weighted by Gasteiger charge is 2.40. The largest absolute Gasteiger partial charge is 0.459 e. The Morgan fingerprint density at radius 3 is 2.39 bits per heavy atom. The minimum Gasteiger partial charge on any atom is -0.459 e. The molecule has 1 atom stereocenters. The molecule has 130 valence electrons. The number of nitrogens with two attached hydrogens (primary N) is 1. The molecule has 2 N–H and O–H groups in total. The lowest BCUT2D eigenvalue weighted by atomic mass is 10.2. The third-order valence-corrected chi connectivity index (χ3v) is 3.07. The molecular formula is C14H23N3O6. The molecule has 3 amide bonds. The number of nitrogens with zero attached hydrogens (tertiary/aromatic N) is 2. The Labute approximate surface area is 134 Å². The van der Waals surface area contributed by atoms with E-state index in [4.69, 9.17) is 10.6 Å². The average molecular weight is 329 g/mol. The molecule has 0 aromatic rings. The Morgan fingerprint density at radius 1 is 1.26 bits per heavy atom. The van der Waals surface area contributed by atoms with E-state index < -0.39 is 35.5 Å². The van der Waals surface area contributed by atoms with Crippen molar-refractivity contribution < 1.29 is 28.7 Å². The van der Waals surface area contributed by atoms with E-state index in [-0.39, 0.29) is 11.6 Å². The van der Waals surface area contributed by atoms with Gasteiger partial charge >= 0.3 is 18.0 Å². The summed E-state index contributed by atoms with van der Waals surface area (Å²) in [6.45, 7) is 6.94.